The summed E-state index contributed by atoms with van der Waals surface area (Å²) < 4.78 is 10.1. The van der Waals surface area contributed by atoms with Gasteiger partial charge in [0.1, 0.15) is 0 Å². The third kappa shape index (κ3) is 5.25. The number of aryl methyl sites for hydroxylation is 1. The Morgan fingerprint density at radius 1 is 1.17 bits per heavy atom. The van der Waals surface area contributed by atoms with Crippen LogP contribution in [0.1, 0.15) is 22.8 Å². The molecule has 0 unspecified atom stereocenters. The zero-order valence-corrected chi connectivity index (χ0v) is 16.8. The molecule has 2 aromatic rings. The van der Waals surface area contributed by atoms with Gasteiger partial charge >= 0.3 is 5.97 Å². The first-order valence-electron chi connectivity index (χ1n) is 7.10. The van der Waals surface area contributed by atoms with E-state index in [4.69, 9.17) is 32.7 Å². The predicted octanol–water partition coefficient (Wildman–Crippen LogP) is 5.19. The average molecular weight is 551 g/mol. The van der Waals surface area contributed by atoms with Crippen LogP contribution in [0.25, 0.3) is 0 Å². The Bertz CT molecular complexity index is 710. The van der Waals surface area contributed by atoms with Crippen molar-refractivity contribution >= 4 is 40.5 Å². The monoisotopic (exact) mass is 550 g/mol. The summed E-state index contributed by atoms with van der Waals surface area (Å²) >= 11 is 12.5. The van der Waals surface area contributed by atoms with Crippen LogP contribution < -0.4 is 5.32 Å². The Kier molecular flexibility index (Phi) is 8.84. The molecule has 0 aliphatic carbocycles. The number of benzene rings is 2. The van der Waals surface area contributed by atoms with Gasteiger partial charge in [-0.05, 0) is 37.6 Å². The average Bonchev–Trinajstić information content (AvgIpc) is 2.55. The van der Waals surface area contributed by atoms with Gasteiger partial charge in [0, 0.05) is 29.0 Å². The van der Waals surface area contributed by atoms with E-state index >= 15 is 0 Å². The number of carbonyl (C=O) groups is 1. The molecule has 0 atom stereocenters. The number of rotatable bonds is 6. The minimum Gasteiger partial charge on any atom is -0.435 e. The summed E-state index contributed by atoms with van der Waals surface area (Å²) in [6, 6.07) is 10.6. The predicted molar refractivity (Wildman–Crippen MR) is 92.8 cm³/mol. The fraction of sp³-hybridized carbons (Fsp3) is 0.235. The van der Waals surface area contributed by atoms with Gasteiger partial charge in [-0.1, -0.05) is 41.4 Å². The molecule has 133 valence electrons. The van der Waals surface area contributed by atoms with E-state index in [2.05, 4.69) is 5.32 Å². The molecule has 0 aliphatic rings. The van der Waals surface area contributed by atoms with Crippen LogP contribution in [0.5, 0.6) is 0 Å². The van der Waals surface area contributed by atoms with E-state index in [1.54, 1.807) is 30.3 Å². The van der Waals surface area contributed by atoms with Gasteiger partial charge in [-0.15, -0.1) is 0 Å². The Balaban J connectivity index is 0.00000288. The molecule has 0 fully saturated rings. The number of hydrogen-bond acceptors (Lipinski definition) is 4. The first kappa shape index (κ1) is 21.0. The normalized spacial score (nSPS) is 10.0. The standard InChI is InChI=1S/C17H17Cl2NO3.Au/c1-3-22-10-23-17(21)12-6-4-5-7-14(12)20-16-13(18)9-8-11(2)15(16)19;/h4-9,20H,3,10H2,1-2H3;. The summed E-state index contributed by atoms with van der Waals surface area (Å²) in [5.41, 5.74) is 2.37. The summed E-state index contributed by atoms with van der Waals surface area (Å²) in [5.74, 6) is -0.485. The minimum absolute atomic E-state index is 0. The number of halogens is 2. The van der Waals surface area contributed by atoms with Gasteiger partial charge in [0.05, 0.1) is 27.0 Å². The van der Waals surface area contributed by atoms with E-state index < -0.39 is 5.97 Å². The van der Waals surface area contributed by atoms with Crippen LogP contribution in [-0.2, 0) is 31.9 Å². The van der Waals surface area contributed by atoms with Crippen molar-refractivity contribution in [3.05, 3.63) is 57.6 Å². The van der Waals surface area contributed by atoms with Crippen molar-refractivity contribution in [2.45, 2.75) is 13.8 Å². The maximum atomic E-state index is 12.2. The maximum absolute atomic E-state index is 12.2. The minimum atomic E-state index is -0.485. The van der Waals surface area contributed by atoms with Crippen molar-refractivity contribution in [3.63, 3.8) is 0 Å². The second-order valence-electron chi connectivity index (χ2n) is 4.77. The molecule has 0 spiro atoms. The number of para-hydroxylation sites is 1. The second kappa shape index (κ2) is 10.1. The molecule has 0 aliphatic heterocycles. The van der Waals surface area contributed by atoms with E-state index in [1.165, 1.54) is 0 Å². The van der Waals surface area contributed by atoms with E-state index in [-0.39, 0.29) is 29.2 Å². The number of ether oxygens (including phenoxy) is 2. The molecule has 1 radical (unpaired) electrons. The molecule has 0 saturated heterocycles. The SMILES string of the molecule is CCOCOC(=O)c1ccccc1Nc1c(Cl)ccc(C)c1Cl.[Au]. The van der Waals surface area contributed by atoms with Gasteiger partial charge in [0.15, 0.2) is 6.79 Å². The van der Waals surface area contributed by atoms with E-state index in [0.29, 0.717) is 33.6 Å². The van der Waals surface area contributed by atoms with Crippen LogP contribution in [0.2, 0.25) is 10.0 Å². The fourth-order valence-corrected chi connectivity index (χ4v) is 2.40. The van der Waals surface area contributed by atoms with Crippen LogP contribution in [0, 0.1) is 6.92 Å². The van der Waals surface area contributed by atoms with E-state index in [1.807, 2.05) is 19.9 Å². The summed E-state index contributed by atoms with van der Waals surface area (Å²) in [6.45, 7) is 4.09. The van der Waals surface area contributed by atoms with Gasteiger partial charge in [-0.25, -0.2) is 4.79 Å². The summed E-state index contributed by atoms with van der Waals surface area (Å²) in [4.78, 5) is 12.2. The molecule has 0 aromatic heterocycles. The fourth-order valence-electron chi connectivity index (χ4n) is 1.93. The third-order valence-electron chi connectivity index (χ3n) is 3.17. The molecule has 0 heterocycles. The van der Waals surface area contributed by atoms with Gasteiger partial charge in [0.2, 0.25) is 0 Å². The molecule has 2 aromatic carbocycles. The molecule has 0 saturated carbocycles. The van der Waals surface area contributed by atoms with E-state index in [9.17, 15) is 4.79 Å². The van der Waals surface area contributed by atoms with Crippen molar-refractivity contribution in [2.75, 3.05) is 18.7 Å². The van der Waals surface area contributed by atoms with Crippen molar-refractivity contribution in [1.82, 2.24) is 0 Å². The number of carbonyl (C=O) groups excluding carboxylic acids is 1. The van der Waals surface area contributed by atoms with Gasteiger partial charge in [-0.3, -0.25) is 0 Å². The molecule has 24 heavy (non-hydrogen) atoms. The van der Waals surface area contributed by atoms with Crippen LogP contribution in [0.3, 0.4) is 0 Å². The number of nitrogens with one attached hydrogen (secondary N) is 1. The summed E-state index contributed by atoms with van der Waals surface area (Å²) in [5, 5.41) is 4.10. The Hall–Kier alpha value is -1.01. The van der Waals surface area contributed by atoms with Crippen molar-refractivity contribution in [3.8, 4) is 0 Å². The third-order valence-corrected chi connectivity index (χ3v) is 3.97. The van der Waals surface area contributed by atoms with Crippen LogP contribution >= 0.6 is 23.2 Å². The summed E-state index contributed by atoms with van der Waals surface area (Å²) in [6.07, 6.45) is 0. The molecular formula is C17H17AuCl2NO3. The molecule has 7 heteroatoms. The van der Waals surface area contributed by atoms with Crippen LogP contribution in [0.4, 0.5) is 11.4 Å². The zero-order chi connectivity index (χ0) is 16.8. The Morgan fingerprint density at radius 2 is 1.88 bits per heavy atom. The van der Waals surface area contributed by atoms with Crippen LogP contribution in [0.15, 0.2) is 36.4 Å². The van der Waals surface area contributed by atoms with Crippen molar-refractivity contribution in [1.29, 1.82) is 0 Å². The van der Waals surface area contributed by atoms with Crippen molar-refractivity contribution < 1.29 is 36.6 Å². The molecule has 4 nitrogen and oxygen atoms in total. The summed E-state index contributed by atoms with van der Waals surface area (Å²) in [7, 11) is 0. The first-order chi connectivity index (χ1) is 11.0. The number of hydrogen-bond donors (Lipinski definition) is 1. The topological polar surface area (TPSA) is 47.6 Å². The van der Waals surface area contributed by atoms with Crippen molar-refractivity contribution in [2.24, 2.45) is 0 Å². The Morgan fingerprint density at radius 3 is 2.58 bits per heavy atom. The van der Waals surface area contributed by atoms with Crippen LogP contribution in [-0.4, -0.2) is 19.4 Å². The molecular weight excluding hydrogens is 534 g/mol. The maximum Gasteiger partial charge on any atom is 0.342 e. The number of esters is 1. The molecule has 2 rings (SSSR count). The number of anilines is 2. The first-order valence-corrected chi connectivity index (χ1v) is 7.85. The van der Waals surface area contributed by atoms with Gasteiger partial charge in [0.25, 0.3) is 0 Å². The second-order valence-corrected chi connectivity index (χ2v) is 5.55. The van der Waals surface area contributed by atoms with E-state index in [0.717, 1.165) is 5.56 Å². The molecule has 1 N–H and O–H groups in total. The van der Waals surface area contributed by atoms with Gasteiger partial charge in [-0.2, -0.15) is 0 Å². The molecule has 0 amide bonds. The quantitative estimate of drug-likeness (QED) is 0.233. The van der Waals surface area contributed by atoms with Gasteiger partial charge < -0.3 is 14.8 Å². The molecule has 0 bridgehead atoms. The zero-order valence-electron chi connectivity index (χ0n) is 13.2. The smallest absolute Gasteiger partial charge is 0.342 e. The largest absolute Gasteiger partial charge is 0.435 e. The Labute approximate surface area is 166 Å².